The van der Waals surface area contributed by atoms with Gasteiger partial charge in [0.2, 0.25) is 0 Å². The van der Waals surface area contributed by atoms with E-state index < -0.39 is 10.0 Å². The van der Waals surface area contributed by atoms with Crippen molar-refractivity contribution in [2.24, 2.45) is 0 Å². The van der Waals surface area contributed by atoms with Crippen molar-refractivity contribution < 1.29 is 8.42 Å². The first-order valence-corrected chi connectivity index (χ1v) is 7.56. The zero-order chi connectivity index (χ0) is 11.8. The van der Waals surface area contributed by atoms with Crippen LogP contribution in [-0.2, 0) is 10.0 Å². The lowest BCUT2D eigenvalue weighted by Crippen LogP contribution is -2.51. The summed E-state index contributed by atoms with van der Waals surface area (Å²) in [5.41, 5.74) is 0. The molecule has 0 bridgehead atoms. The van der Waals surface area contributed by atoms with Crippen LogP contribution in [0.3, 0.4) is 0 Å². The van der Waals surface area contributed by atoms with Crippen LogP contribution in [0.15, 0.2) is 16.3 Å². The first kappa shape index (κ1) is 12.0. The number of sulfonamides is 1. The number of nitrogens with zero attached hydrogens (tertiary/aromatic N) is 1. The summed E-state index contributed by atoms with van der Waals surface area (Å²) in [5.74, 6) is 0. The normalized spacial score (nSPS) is 23.5. The molecule has 1 saturated heterocycles. The van der Waals surface area contributed by atoms with Crippen LogP contribution in [0.4, 0.5) is 0 Å². The van der Waals surface area contributed by atoms with Crippen molar-refractivity contribution in [1.82, 2.24) is 9.62 Å². The third-order valence-corrected chi connectivity index (χ3v) is 5.97. The number of thiophene rings is 1. The van der Waals surface area contributed by atoms with Crippen LogP contribution < -0.4 is 5.32 Å². The first-order chi connectivity index (χ1) is 7.50. The van der Waals surface area contributed by atoms with Crippen LogP contribution in [-0.4, -0.2) is 38.4 Å². The molecule has 2 heterocycles. The van der Waals surface area contributed by atoms with Crippen molar-refractivity contribution in [3.8, 4) is 0 Å². The van der Waals surface area contributed by atoms with Crippen LogP contribution in [0.25, 0.3) is 0 Å². The lowest BCUT2D eigenvalue weighted by molar-refractivity contribution is 0.311. The summed E-state index contributed by atoms with van der Waals surface area (Å²) >= 11 is 1.34. The minimum absolute atomic E-state index is 0.226. The average molecular weight is 260 g/mol. The number of rotatable bonds is 2. The third-order valence-electron chi connectivity index (χ3n) is 2.64. The Kier molecular flexibility index (Phi) is 3.34. The molecule has 90 valence electrons. The van der Waals surface area contributed by atoms with E-state index in [9.17, 15) is 8.42 Å². The molecular formula is C10H16N2O2S2. The largest absolute Gasteiger partial charge is 0.312 e. The summed E-state index contributed by atoms with van der Waals surface area (Å²) in [7, 11) is -3.26. The van der Waals surface area contributed by atoms with Gasteiger partial charge in [0.05, 0.1) is 0 Å². The van der Waals surface area contributed by atoms with Crippen molar-refractivity contribution >= 4 is 21.4 Å². The molecule has 1 aromatic heterocycles. The molecule has 1 aliphatic rings. The van der Waals surface area contributed by atoms with Crippen LogP contribution in [0, 0.1) is 6.92 Å². The van der Waals surface area contributed by atoms with E-state index in [0.29, 0.717) is 17.3 Å². The summed E-state index contributed by atoms with van der Waals surface area (Å²) in [6, 6.07) is 3.77. The lowest BCUT2D eigenvalue weighted by atomic mass is 10.3. The Morgan fingerprint density at radius 2 is 2.25 bits per heavy atom. The molecule has 6 heteroatoms. The number of piperazine rings is 1. The molecule has 1 aromatic rings. The van der Waals surface area contributed by atoms with Gasteiger partial charge in [-0.15, -0.1) is 11.3 Å². The summed E-state index contributed by atoms with van der Waals surface area (Å²) in [5, 5.41) is 3.24. The molecule has 0 amide bonds. The van der Waals surface area contributed by atoms with E-state index >= 15 is 0 Å². The fraction of sp³-hybridized carbons (Fsp3) is 0.600. The fourth-order valence-corrected chi connectivity index (χ4v) is 4.76. The molecular weight excluding hydrogens is 244 g/mol. The van der Waals surface area contributed by atoms with E-state index in [4.69, 9.17) is 0 Å². The quantitative estimate of drug-likeness (QED) is 0.864. The second-order valence-electron chi connectivity index (χ2n) is 4.08. The molecule has 0 saturated carbocycles. The van der Waals surface area contributed by atoms with E-state index in [-0.39, 0.29) is 6.04 Å². The zero-order valence-electron chi connectivity index (χ0n) is 9.43. The topological polar surface area (TPSA) is 49.4 Å². The summed E-state index contributed by atoms with van der Waals surface area (Å²) < 4.78 is 26.5. The molecule has 2 rings (SSSR count). The van der Waals surface area contributed by atoms with Gasteiger partial charge in [-0.1, -0.05) is 0 Å². The Morgan fingerprint density at radius 3 is 2.81 bits per heavy atom. The molecule has 4 nitrogen and oxygen atoms in total. The van der Waals surface area contributed by atoms with Crippen molar-refractivity contribution in [2.45, 2.75) is 24.1 Å². The maximum absolute atomic E-state index is 12.3. The molecule has 16 heavy (non-hydrogen) atoms. The Morgan fingerprint density at radius 1 is 1.50 bits per heavy atom. The smallest absolute Gasteiger partial charge is 0.252 e. The third kappa shape index (κ3) is 2.29. The maximum Gasteiger partial charge on any atom is 0.252 e. The zero-order valence-corrected chi connectivity index (χ0v) is 11.1. The second kappa shape index (κ2) is 4.44. The van der Waals surface area contributed by atoms with Crippen LogP contribution >= 0.6 is 11.3 Å². The Labute approximate surface area is 100 Å². The van der Waals surface area contributed by atoms with Crippen molar-refractivity contribution in [2.75, 3.05) is 19.6 Å². The van der Waals surface area contributed by atoms with Gasteiger partial charge in [-0.2, -0.15) is 4.31 Å². The number of hydrogen-bond acceptors (Lipinski definition) is 4. The van der Waals surface area contributed by atoms with Gasteiger partial charge in [-0.3, -0.25) is 0 Å². The summed E-state index contributed by atoms with van der Waals surface area (Å²) in [4.78, 5) is 1.03. The van der Waals surface area contributed by atoms with E-state index in [0.717, 1.165) is 11.4 Å². The van der Waals surface area contributed by atoms with Crippen molar-refractivity contribution in [1.29, 1.82) is 0 Å². The molecule has 0 aromatic carbocycles. The van der Waals surface area contributed by atoms with E-state index in [1.807, 2.05) is 19.9 Å². The molecule has 0 radical (unpaired) electrons. The Bertz CT molecular complexity index is 467. The van der Waals surface area contributed by atoms with E-state index in [2.05, 4.69) is 5.32 Å². The van der Waals surface area contributed by atoms with Gasteiger partial charge < -0.3 is 5.32 Å². The number of hydrogen-bond donors (Lipinski definition) is 1. The van der Waals surface area contributed by atoms with Gasteiger partial charge >= 0.3 is 0 Å². The highest BCUT2D eigenvalue weighted by molar-refractivity contribution is 7.91. The van der Waals surface area contributed by atoms with Gasteiger partial charge in [-0.25, -0.2) is 8.42 Å². The minimum Gasteiger partial charge on any atom is -0.312 e. The Hall–Kier alpha value is -0.430. The van der Waals surface area contributed by atoms with Crippen molar-refractivity contribution in [3.63, 3.8) is 0 Å². The van der Waals surface area contributed by atoms with Crippen LogP contribution in [0.1, 0.15) is 11.8 Å². The van der Waals surface area contributed by atoms with Gasteiger partial charge in [0.25, 0.3) is 10.0 Å². The predicted molar refractivity (Wildman–Crippen MR) is 65.3 cm³/mol. The SMILES string of the molecule is Cc1ccc(S(=O)(=O)N2CCN[C@@H](C)C2)s1. The highest BCUT2D eigenvalue weighted by Crippen LogP contribution is 2.24. The monoisotopic (exact) mass is 260 g/mol. The molecule has 1 fully saturated rings. The van der Waals surface area contributed by atoms with Gasteiger partial charge in [0.1, 0.15) is 4.21 Å². The van der Waals surface area contributed by atoms with Crippen LogP contribution in [0.5, 0.6) is 0 Å². The molecule has 1 atom stereocenters. The highest BCUT2D eigenvalue weighted by Gasteiger charge is 2.29. The van der Waals surface area contributed by atoms with Gasteiger partial charge in [0.15, 0.2) is 0 Å². The fourth-order valence-electron chi connectivity index (χ4n) is 1.79. The standard InChI is InChI=1S/C10H16N2O2S2/c1-8-7-12(6-5-11-8)16(13,14)10-4-3-9(2)15-10/h3-4,8,11H,5-7H2,1-2H3/t8-/m0/s1. The van der Waals surface area contributed by atoms with E-state index in [1.54, 1.807) is 10.4 Å². The number of aryl methyl sites for hydroxylation is 1. The van der Waals surface area contributed by atoms with Gasteiger partial charge in [-0.05, 0) is 26.0 Å². The van der Waals surface area contributed by atoms with E-state index in [1.165, 1.54) is 11.3 Å². The number of nitrogens with one attached hydrogen (secondary N) is 1. The van der Waals surface area contributed by atoms with Crippen LogP contribution in [0.2, 0.25) is 0 Å². The second-order valence-corrected chi connectivity index (χ2v) is 7.54. The molecule has 1 N–H and O–H groups in total. The summed E-state index contributed by atoms with van der Waals surface area (Å²) in [6.45, 7) is 5.76. The predicted octanol–water partition coefficient (Wildman–Crippen LogP) is 1.04. The highest BCUT2D eigenvalue weighted by atomic mass is 32.2. The van der Waals surface area contributed by atoms with Crippen molar-refractivity contribution in [3.05, 3.63) is 17.0 Å². The Balaban J connectivity index is 2.25. The van der Waals surface area contributed by atoms with Gasteiger partial charge in [0, 0.05) is 30.6 Å². The molecule has 1 aliphatic heterocycles. The average Bonchev–Trinajstić information content (AvgIpc) is 2.65. The lowest BCUT2D eigenvalue weighted by Gasteiger charge is -2.30. The molecule has 0 spiro atoms. The molecule has 0 aliphatic carbocycles. The first-order valence-electron chi connectivity index (χ1n) is 5.30. The summed E-state index contributed by atoms with van der Waals surface area (Å²) in [6.07, 6.45) is 0. The minimum atomic E-state index is -3.26. The molecule has 0 unspecified atom stereocenters. The maximum atomic E-state index is 12.3.